The van der Waals surface area contributed by atoms with E-state index < -0.39 is 23.7 Å². The van der Waals surface area contributed by atoms with Crippen LogP contribution >= 0.6 is 0 Å². The molecule has 19 heavy (non-hydrogen) atoms. The molecule has 0 heterocycles. The molecule has 0 aliphatic carbocycles. The molecular weight excluding hydrogens is 257 g/mol. The Kier molecular flexibility index (Phi) is 4.94. The molecule has 0 aromatic heterocycles. The Balaban J connectivity index is 3.13. The highest BCUT2D eigenvalue weighted by molar-refractivity contribution is 5.82. The molecular formula is C13H17F3N2O. The molecule has 3 nitrogen and oxygen atoms in total. The molecule has 1 aromatic rings. The third-order valence-electron chi connectivity index (χ3n) is 2.59. The fraction of sp³-hybridized carbons (Fsp3) is 0.462. The van der Waals surface area contributed by atoms with Gasteiger partial charge in [0.15, 0.2) is 0 Å². The zero-order valence-electron chi connectivity index (χ0n) is 10.8. The van der Waals surface area contributed by atoms with Gasteiger partial charge in [0.2, 0.25) is 5.91 Å². The summed E-state index contributed by atoms with van der Waals surface area (Å²) in [7, 11) is 0. The van der Waals surface area contributed by atoms with E-state index in [1.54, 1.807) is 0 Å². The SMILES string of the molecule is CC(C)CNC(C(N)=O)c1ccccc1C(F)(F)F. The lowest BCUT2D eigenvalue weighted by Gasteiger charge is -2.21. The second-order valence-corrected chi connectivity index (χ2v) is 4.72. The van der Waals surface area contributed by atoms with Gasteiger partial charge in [-0.2, -0.15) is 13.2 Å². The number of alkyl halides is 3. The summed E-state index contributed by atoms with van der Waals surface area (Å²) < 4.78 is 38.7. The number of amides is 1. The van der Waals surface area contributed by atoms with Gasteiger partial charge in [0, 0.05) is 0 Å². The summed E-state index contributed by atoms with van der Waals surface area (Å²) in [5.74, 6) is -0.628. The molecule has 1 unspecified atom stereocenters. The summed E-state index contributed by atoms with van der Waals surface area (Å²) in [6.45, 7) is 4.18. The third-order valence-corrected chi connectivity index (χ3v) is 2.59. The van der Waals surface area contributed by atoms with Crippen LogP contribution in [0.4, 0.5) is 13.2 Å². The van der Waals surface area contributed by atoms with Gasteiger partial charge in [-0.05, 0) is 24.1 Å². The molecule has 0 spiro atoms. The molecule has 0 saturated heterocycles. The summed E-state index contributed by atoms with van der Waals surface area (Å²) in [5, 5.41) is 2.77. The topological polar surface area (TPSA) is 55.1 Å². The number of nitrogens with two attached hydrogens (primary N) is 1. The van der Waals surface area contributed by atoms with E-state index in [4.69, 9.17) is 5.73 Å². The minimum atomic E-state index is -4.51. The highest BCUT2D eigenvalue weighted by Gasteiger charge is 2.36. The number of nitrogens with one attached hydrogen (secondary N) is 1. The van der Waals surface area contributed by atoms with E-state index in [9.17, 15) is 18.0 Å². The number of carbonyl (C=O) groups excluding carboxylic acids is 1. The van der Waals surface area contributed by atoms with Crippen molar-refractivity contribution in [1.82, 2.24) is 5.32 Å². The van der Waals surface area contributed by atoms with E-state index in [2.05, 4.69) is 5.32 Å². The predicted molar refractivity (Wildman–Crippen MR) is 66.2 cm³/mol. The van der Waals surface area contributed by atoms with Gasteiger partial charge in [0.05, 0.1) is 5.56 Å². The molecule has 1 aromatic carbocycles. The van der Waals surface area contributed by atoms with Gasteiger partial charge in [-0.3, -0.25) is 4.79 Å². The van der Waals surface area contributed by atoms with Crippen molar-refractivity contribution in [2.75, 3.05) is 6.54 Å². The monoisotopic (exact) mass is 274 g/mol. The molecule has 1 atom stereocenters. The van der Waals surface area contributed by atoms with Crippen LogP contribution in [0, 0.1) is 5.92 Å². The lowest BCUT2D eigenvalue weighted by Crippen LogP contribution is -2.36. The minimum Gasteiger partial charge on any atom is -0.368 e. The van der Waals surface area contributed by atoms with Gasteiger partial charge in [0.1, 0.15) is 6.04 Å². The zero-order chi connectivity index (χ0) is 14.6. The van der Waals surface area contributed by atoms with Gasteiger partial charge in [-0.25, -0.2) is 0 Å². The molecule has 0 aliphatic rings. The van der Waals surface area contributed by atoms with Crippen LogP contribution in [-0.4, -0.2) is 12.5 Å². The van der Waals surface area contributed by atoms with Crippen molar-refractivity contribution in [3.63, 3.8) is 0 Å². The van der Waals surface area contributed by atoms with Crippen LogP contribution in [-0.2, 0) is 11.0 Å². The molecule has 0 bridgehead atoms. The molecule has 6 heteroatoms. The third kappa shape index (κ3) is 4.24. The molecule has 0 saturated carbocycles. The molecule has 1 rings (SSSR count). The van der Waals surface area contributed by atoms with Crippen LogP contribution in [0.15, 0.2) is 24.3 Å². The fourth-order valence-electron chi connectivity index (χ4n) is 1.72. The Morgan fingerprint density at radius 3 is 2.37 bits per heavy atom. The van der Waals surface area contributed by atoms with Crippen molar-refractivity contribution in [1.29, 1.82) is 0 Å². The Bertz CT molecular complexity index is 444. The number of hydrogen-bond acceptors (Lipinski definition) is 2. The van der Waals surface area contributed by atoms with Crippen LogP contribution in [0.1, 0.15) is 31.0 Å². The molecule has 0 radical (unpaired) electrons. The number of primary amides is 1. The molecule has 106 valence electrons. The highest BCUT2D eigenvalue weighted by Crippen LogP contribution is 2.34. The summed E-state index contributed by atoms with van der Waals surface area (Å²) in [6, 6.07) is 3.82. The van der Waals surface area contributed by atoms with Crippen molar-refractivity contribution >= 4 is 5.91 Å². The summed E-state index contributed by atoms with van der Waals surface area (Å²) in [5.41, 5.74) is 4.22. The summed E-state index contributed by atoms with van der Waals surface area (Å²) in [6.07, 6.45) is -4.51. The van der Waals surface area contributed by atoms with E-state index in [0.717, 1.165) is 6.07 Å². The largest absolute Gasteiger partial charge is 0.416 e. The van der Waals surface area contributed by atoms with E-state index in [0.29, 0.717) is 6.54 Å². The Morgan fingerprint density at radius 2 is 1.89 bits per heavy atom. The normalized spacial score (nSPS) is 13.6. The smallest absolute Gasteiger partial charge is 0.368 e. The Labute approximate surface area is 110 Å². The lowest BCUT2D eigenvalue weighted by molar-refractivity contribution is -0.138. The lowest BCUT2D eigenvalue weighted by atomic mass is 9.99. The highest BCUT2D eigenvalue weighted by atomic mass is 19.4. The quantitative estimate of drug-likeness (QED) is 0.866. The van der Waals surface area contributed by atoms with Gasteiger partial charge in [-0.1, -0.05) is 32.0 Å². The number of halogens is 3. The van der Waals surface area contributed by atoms with Gasteiger partial charge >= 0.3 is 6.18 Å². The van der Waals surface area contributed by atoms with Crippen molar-refractivity contribution in [3.8, 4) is 0 Å². The van der Waals surface area contributed by atoms with Crippen LogP contribution in [0.5, 0.6) is 0 Å². The van der Waals surface area contributed by atoms with Crippen molar-refractivity contribution in [2.45, 2.75) is 26.1 Å². The average molecular weight is 274 g/mol. The second-order valence-electron chi connectivity index (χ2n) is 4.72. The Hall–Kier alpha value is -1.56. The maximum atomic E-state index is 12.9. The summed E-state index contributed by atoms with van der Waals surface area (Å²) in [4.78, 5) is 11.4. The van der Waals surface area contributed by atoms with Gasteiger partial charge in [-0.15, -0.1) is 0 Å². The van der Waals surface area contributed by atoms with E-state index in [-0.39, 0.29) is 11.5 Å². The first-order chi connectivity index (χ1) is 8.73. The fourth-order valence-corrected chi connectivity index (χ4v) is 1.72. The first-order valence-electron chi connectivity index (χ1n) is 5.92. The first kappa shape index (κ1) is 15.5. The van der Waals surface area contributed by atoms with Crippen molar-refractivity contribution < 1.29 is 18.0 Å². The average Bonchev–Trinajstić information content (AvgIpc) is 2.27. The van der Waals surface area contributed by atoms with Crippen LogP contribution in [0.2, 0.25) is 0 Å². The number of hydrogen-bond donors (Lipinski definition) is 2. The standard InChI is InChI=1S/C13H17F3N2O/c1-8(2)7-18-11(12(17)19)9-5-3-4-6-10(9)13(14,15)16/h3-6,8,11,18H,7H2,1-2H3,(H2,17,19). The second kappa shape index (κ2) is 6.06. The van der Waals surface area contributed by atoms with Gasteiger partial charge in [0.25, 0.3) is 0 Å². The predicted octanol–water partition coefficient (Wildman–Crippen LogP) is 2.48. The Morgan fingerprint density at radius 1 is 1.32 bits per heavy atom. The number of carbonyl (C=O) groups is 1. The molecule has 3 N–H and O–H groups in total. The molecule has 1 amide bonds. The van der Waals surface area contributed by atoms with Crippen LogP contribution in [0.3, 0.4) is 0 Å². The molecule has 0 fully saturated rings. The van der Waals surface area contributed by atoms with Crippen LogP contribution < -0.4 is 11.1 Å². The first-order valence-corrected chi connectivity index (χ1v) is 5.92. The molecule has 0 aliphatic heterocycles. The van der Waals surface area contributed by atoms with Crippen LogP contribution in [0.25, 0.3) is 0 Å². The van der Waals surface area contributed by atoms with E-state index in [1.807, 2.05) is 13.8 Å². The van der Waals surface area contributed by atoms with E-state index >= 15 is 0 Å². The van der Waals surface area contributed by atoms with Crippen molar-refractivity contribution in [3.05, 3.63) is 35.4 Å². The summed E-state index contributed by atoms with van der Waals surface area (Å²) >= 11 is 0. The maximum absolute atomic E-state index is 12.9. The zero-order valence-corrected chi connectivity index (χ0v) is 10.8. The minimum absolute atomic E-state index is 0.136. The number of rotatable bonds is 5. The van der Waals surface area contributed by atoms with Gasteiger partial charge < -0.3 is 11.1 Å². The van der Waals surface area contributed by atoms with Crippen molar-refractivity contribution in [2.24, 2.45) is 11.7 Å². The number of benzene rings is 1. The van der Waals surface area contributed by atoms with E-state index in [1.165, 1.54) is 18.2 Å². The maximum Gasteiger partial charge on any atom is 0.416 e.